The van der Waals surface area contributed by atoms with Crippen LogP contribution in [0.15, 0.2) is 29.2 Å². The topological polar surface area (TPSA) is 52.7 Å². The van der Waals surface area contributed by atoms with E-state index in [2.05, 4.69) is 14.5 Å². The summed E-state index contributed by atoms with van der Waals surface area (Å²) in [5, 5.41) is 0. The molecule has 2 bridgehead atoms. The van der Waals surface area contributed by atoms with E-state index >= 15 is 0 Å². The second kappa shape index (κ2) is 5.44. The maximum atomic E-state index is 12.2. The van der Waals surface area contributed by atoms with E-state index in [1.807, 2.05) is 19.1 Å². The van der Waals surface area contributed by atoms with Crippen molar-refractivity contribution in [3.63, 3.8) is 0 Å². The van der Waals surface area contributed by atoms with Gasteiger partial charge in [-0.05, 0) is 19.1 Å². The van der Waals surface area contributed by atoms with E-state index in [0.29, 0.717) is 17.5 Å². The summed E-state index contributed by atoms with van der Waals surface area (Å²) in [6.45, 7) is 7.74. The van der Waals surface area contributed by atoms with Gasteiger partial charge in [-0.2, -0.15) is 0 Å². The predicted molar refractivity (Wildman–Crippen MR) is 78.2 cm³/mol. The quantitative estimate of drug-likeness (QED) is 0.866. The van der Waals surface area contributed by atoms with E-state index in [-0.39, 0.29) is 0 Å². The summed E-state index contributed by atoms with van der Waals surface area (Å²) in [7, 11) is -3.39. The normalized spacial score (nSPS) is 29.6. The molecule has 0 saturated carbocycles. The van der Waals surface area contributed by atoms with Crippen LogP contribution in [0.5, 0.6) is 0 Å². The van der Waals surface area contributed by atoms with E-state index in [0.717, 1.165) is 38.3 Å². The van der Waals surface area contributed by atoms with Crippen LogP contribution in [-0.4, -0.2) is 63.5 Å². The number of hydrogen-bond acceptors (Lipinski definition) is 4. The Kier molecular flexibility index (Phi) is 3.81. The van der Waals surface area contributed by atoms with E-state index in [9.17, 15) is 8.42 Å². The summed E-state index contributed by atoms with van der Waals surface area (Å²) in [6.07, 6.45) is 0. The van der Waals surface area contributed by atoms with Crippen LogP contribution in [0.2, 0.25) is 0 Å². The molecule has 1 aromatic rings. The molecule has 110 valence electrons. The third-order valence-corrected chi connectivity index (χ3v) is 5.67. The third-order valence-electron chi connectivity index (χ3n) is 4.23. The molecule has 1 aromatic carbocycles. The minimum atomic E-state index is -3.39. The maximum Gasteiger partial charge on any atom is 0.240 e. The zero-order valence-electron chi connectivity index (χ0n) is 11.7. The lowest BCUT2D eigenvalue weighted by Gasteiger charge is -2.47. The summed E-state index contributed by atoms with van der Waals surface area (Å²) < 4.78 is 27.3. The molecule has 3 saturated heterocycles. The first-order valence-electron chi connectivity index (χ1n) is 7.07. The van der Waals surface area contributed by atoms with Gasteiger partial charge in [0.25, 0.3) is 0 Å². The fourth-order valence-electron chi connectivity index (χ4n) is 2.92. The van der Waals surface area contributed by atoms with Gasteiger partial charge >= 0.3 is 0 Å². The lowest BCUT2D eigenvalue weighted by Crippen LogP contribution is -2.63. The van der Waals surface area contributed by atoms with Crippen molar-refractivity contribution >= 4 is 10.0 Å². The molecule has 1 N–H and O–H groups in total. The number of fused-ring (bicyclic) bond motifs is 3. The van der Waals surface area contributed by atoms with E-state index < -0.39 is 10.0 Å². The van der Waals surface area contributed by atoms with Gasteiger partial charge in [0.2, 0.25) is 10.0 Å². The van der Waals surface area contributed by atoms with Crippen molar-refractivity contribution in [1.29, 1.82) is 0 Å². The van der Waals surface area contributed by atoms with Gasteiger partial charge in [0.05, 0.1) is 4.90 Å². The smallest absolute Gasteiger partial charge is 0.240 e. The number of nitrogens with zero attached hydrogens (tertiary/aromatic N) is 2. The molecule has 1 unspecified atom stereocenters. The van der Waals surface area contributed by atoms with Crippen molar-refractivity contribution in [1.82, 2.24) is 14.5 Å². The lowest BCUT2D eigenvalue weighted by atomic mass is 10.1. The van der Waals surface area contributed by atoms with Gasteiger partial charge < -0.3 is 0 Å². The van der Waals surface area contributed by atoms with Crippen molar-refractivity contribution < 1.29 is 8.42 Å². The second-order valence-electron chi connectivity index (χ2n) is 5.66. The number of piperazine rings is 3. The standard InChI is InChI=1S/C14H21N3O2S/c1-12-2-4-14(5-3-12)20(18,19)15-10-13-11-16-6-8-17(13)9-7-16/h2-5,13,15H,6-11H2,1H3. The van der Waals surface area contributed by atoms with Gasteiger partial charge in [0.1, 0.15) is 0 Å². The van der Waals surface area contributed by atoms with E-state index in [1.165, 1.54) is 0 Å². The van der Waals surface area contributed by atoms with Crippen LogP contribution in [0.3, 0.4) is 0 Å². The average Bonchev–Trinajstić information content (AvgIpc) is 2.47. The maximum absolute atomic E-state index is 12.2. The first kappa shape index (κ1) is 14.0. The molecular formula is C14H21N3O2S. The van der Waals surface area contributed by atoms with Crippen molar-refractivity contribution in [2.24, 2.45) is 0 Å². The van der Waals surface area contributed by atoms with Crippen molar-refractivity contribution in [2.45, 2.75) is 17.9 Å². The van der Waals surface area contributed by atoms with Gasteiger partial charge in [0, 0.05) is 45.3 Å². The Hall–Kier alpha value is -0.950. The van der Waals surface area contributed by atoms with E-state index in [4.69, 9.17) is 0 Å². The van der Waals surface area contributed by atoms with Crippen molar-refractivity contribution in [3.05, 3.63) is 29.8 Å². The molecule has 1 atom stereocenters. The third kappa shape index (κ3) is 2.88. The molecule has 3 aliphatic rings. The molecular weight excluding hydrogens is 274 g/mol. The molecule has 3 aliphatic heterocycles. The predicted octanol–water partition coefficient (Wildman–Crippen LogP) is 0.273. The van der Waals surface area contributed by atoms with Crippen LogP contribution in [0.1, 0.15) is 5.56 Å². The van der Waals surface area contributed by atoms with Gasteiger partial charge in [-0.25, -0.2) is 13.1 Å². The van der Waals surface area contributed by atoms with Crippen molar-refractivity contribution in [2.75, 3.05) is 39.3 Å². The van der Waals surface area contributed by atoms with Crippen molar-refractivity contribution in [3.8, 4) is 0 Å². The SMILES string of the molecule is Cc1ccc(S(=O)(=O)NCC2CN3CCN2CC3)cc1. The largest absolute Gasteiger partial charge is 0.299 e. The van der Waals surface area contributed by atoms with Crippen LogP contribution in [0, 0.1) is 6.92 Å². The number of aryl methyl sites for hydroxylation is 1. The van der Waals surface area contributed by atoms with Crippen LogP contribution in [-0.2, 0) is 10.0 Å². The van der Waals surface area contributed by atoms with Crippen LogP contribution < -0.4 is 4.72 Å². The Balaban J connectivity index is 1.64. The van der Waals surface area contributed by atoms with Gasteiger partial charge in [-0.3, -0.25) is 9.80 Å². The minimum absolute atomic E-state index is 0.303. The number of hydrogen-bond donors (Lipinski definition) is 1. The number of rotatable bonds is 4. The highest BCUT2D eigenvalue weighted by atomic mass is 32.2. The van der Waals surface area contributed by atoms with Crippen LogP contribution in [0.25, 0.3) is 0 Å². The van der Waals surface area contributed by atoms with Gasteiger partial charge in [0.15, 0.2) is 0 Å². The highest BCUT2D eigenvalue weighted by molar-refractivity contribution is 7.89. The van der Waals surface area contributed by atoms with Crippen LogP contribution >= 0.6 is 0 Å². The summed E-state index contributed by atoms with van der Waals surface area (Å²) in [5.74, 6) is 0. The fraction of sp³-hybridized carbons (Fsp3) is 0.571. The molecule has 20 heavy (non-hydrogen) atoms. The summed E-state index contributed by atoms with van der Waals surface area (Å²) >= 11 is 0. The molecule has 0 aromatic heterocycles. The number of benzene rings is 1. The molecule has 0 amide bonds. The average molecular weight is 295 g/mol. The van der Waals surface area contributed by atoms with Crippen LogP contribution in [0.4, 0.5) is 0 Å². The molecule has 0 aliphatic carbocycles. The highest BCUT2D eigenvalue weighted by Gasteiger charge is 2.32. The zero-order valence-corrected chi connectivity index (χ0v) is 12.6. The first-order chi connectivity index (χ1) is 9.54. The highest BCUT2D eigenvalue weighted by Crippen LogP contribution is 2.16. The molecule has 3 fully saturated rings. The zero-order chi connectivity index (χ0) is 14.2. The Morgan fingerprint density at radius 3 is 2.35 bits per heavy atom. The Morgan fingerprint density at radius 2 is 1.80 bits per heavy atom. The molecule has 6 heteroatoms. The van der Waals surface area contributed by atoms with E-state index in [1.54, 1.807) is 12.1 Å². The molecule has 5 nitrogen and oxygen atoms in total. The first-order valence-corrected chi connectivity index (χ1v) is 8.56. The minimum Gasteiger partial charge on any atom is -0.299 e. The fourth-order valence-corrected chi connectivity index (χ4v) is 4.00. The number of nitrogens with one attached hydrogen (secondary N) is 1. The Bertz CT molecular complexity index is 563. The van der Waals surface area contributed by atoms with Gasteiger partial charge in [-0.15, -0.1) is 0 Å². The summed E-state index contributed by atoms with van der Waals surface area (Å²) in [5.41, 5.74) is 1.06. The Morgan fingerprint density at radius 1 is 1.15 bits per heavy atom. The number of sulfonamides is 1. The monoisotopic (exact) mass is 295 g/mol. The molecule has 0 spiro atoms. The molecule has 4 rings (SSSR count). The molecule has 3 heterocycles. The summed E-state index contributed by atoms with van der Waals surface area (Å²) in [4.78, 5) is 5.14. The lowest BCUT2D eigenvalue weighted by molar-refractivity contribution is 0.0158. The molecule has 0 radical (unpaired) electrons. The summed E-state index contributed by atoms with van der Waals surface area (Å²) in [6, 6.07) is 7.28. The Labute approximate surface area is 120 Å². The second-order valence-corrected chi connectivity index (χ2v) is 7.42. The van der Waals surface area contributed by atoms with Gasteiger partial charge in [-0.1, -0.05) is 17.7 Å².